The first-order valence-corrected chi connectivity index (χ1v) is 9.41. The Kier molecular flexibility index (Phi) is 7.50. The van der Waals surface area contributed by atoms with Crippen LogP contribution in [0.1, 0.15) is 5.56 Å². The van der Waals surface area contributed by atoms with Gasteiger partial charge in [-0.05, 0) is 60.2 Å². The molecule has 0 radical (unpaired) electrons. The molecule has 0 aliphatic carbocycles. The highest BCUT2D eigenvalue weighted by Gasteiger charge is 2.05. The number of ether oxygens (including phenoxy) is 2. The van der Waals surface area contributed by atoms with Gasteiger partial charge in [0.05, 0.1) is 18.5 Å². The minimum Gasteiger partial charge on any atom is -0.493 e. The smallest absolute Gasteiger partial charge is 0.248 e. The third-order valence-corrected chi connectivity index (χ3v) is 4.08. The number of hydrogen-bond donors (Lipinski definition) is 1. The first kappa shape index (κ1) is 21.3. The Morgan fingerprint density at radius 3 is 2.39 bits per heavy atom. The Morgan fingerprint density at radius 2 is 1.71 bits per heavy atom. The Bertz CT molecular complexity index is 1120. The summed E-state index contributed by atoms with van der Waals surface area (Å²) >= 11 is 0. The molecule has 0 spiro atoms. The second-order valence-electron chi connectivity index (χ2n) is 6.26. The van der Waals surface area contributed by atoms with Crippen LogP contribution in [0.25, 0.3) is 6.08 Å². The minimum atomic E-state index is -0.276. The topological polar surface area (TPSA) is 96.1 Å². The van der Waals surface area contributed by atoms with Crippen molar-refractivity contribution < 1.29 is 14.3 Å². The molecule has 3 aromatic rings. The van der Waals surface area contributed by atoms with Crippen molar-refractivity contribution >= 4 is 29.0 Å². The van der Waals surface area contributed by atoms with Gasteiger partial charge >= 0.3 is 0 Å². The van der Waals surface area contributed by atoms with E-state index in [2.05, 4.69) is 15.5 Å². The van der Waals surface area contributed by atoms with Crippen LogP contribution in [-0.2, 0) is 4.79 Å². The summed E-state index contributed by atoms with van der Waals surface area (Å²) in [5, 5.41) is 19.7. The number of benzene rings is 3. The lowest BCUT2D eigenvalue weighted by atomic mass is 10.2. The van der Waals surface area contributed by atoms with Gasteiger partial charge in [0, 0.05) is 11.8 Å². The van der Waals surface area contributed by atoms with Crippen LogP contribution in [-0.4, -0.2) is 19.6 Å². The van der Waals surface area contributed by atoms with Gasteiger partial charge in [-0.1, -0.05) is 24.3 Å². The lowest BCUT2D eigenvalue weighted by Gasteiger charge is -2.08. The van der Waals surface area contributed by atoms with E-state index in [9.17, 15) is 4.79 Å². The van der Waals surface area contributed by atoms with Gasteiger partial charge in [0.1, 0.15) is 6.07 Å². The van der Waals surface area contributed by atoms with Gasteiger partial charge in [-0.3, -0.25) is 4.79 Å². The maximum Gasteiger partial charge on any atom is 0.248 e. The second-order valence-corrected chi connectivity index (χ2v) is 6.26. The van der Waals surface area contributed by atoms with Crippen LogP contribution in [0.4, 0.5) is 17.1 Å². The maximum absolute atomic E-state index is 12.2. The zero-order valence-electron chi connectivity index (χ0n) is 16.9. The number of nitriles is 1. The molecular formula is C24H20N4O3. The summed E-state index contributed by atoms with van der Waals surface area (Å²) in [6, 6.07) is 23.6. The average molecular weight is 412 g/mol. The van der Waals surface area contributed by atoms with Crippen molar-refractivity contribution in [1.82, 2.24) is 0 Å². The summed E-state index contributed by atoms with van der Waals surface area (Å²) in [6.45, 7) is -0.0691. The van der Waals surface area contributed by atoms with E-state index in [1.807, 2.05) is 36.4 Å². The number of rotatable bonds is 8. The van der Waals surface area contributed by atoms with E-state index in [0.717, 1.165) is 11.3 Å². The van der Waals surface area contributed by atoms with Gasteiger partial charge in [0.25, 0.3) is 0 Å². The number of carbonyl (C=O) groups is 1. The van der Waals surface area contributed by atoms with Gasteiger partial charge < -0.3 is 14.8 Å². The number of nitrogens with zero attached hydrogens (tertiary/aromatic N) is 3. The van der Waals surface area contributed by atoms with Crippen molar-refractivity contribution in [3.05, 3.63) is 84.4 Å². The lowest BCUT2D eigenvalue weighted by Crippen LogP contribution is -2.07. The van der Waals surface area contributed by atoms with Gasteiger partial charge in [0.2, 0.25) is 5.91 Å². The molecule has 0 saturated heterocycles. The van der Waals surface area contributed by atoms with Crippen molar-refractivity contribution in [1.29, 1.82) is 5.26 Å². The van der Waals surface area contributed by atoms with Crippen molar-refractivity contribution in [3.8, 4) is 17.6 Å². The van der Waals surface area contributed by atoms with Crippen LogP contribution < -0.4 is 14.8 Å². The molecule has 7 nitrogen and oxygen atoms in total. The third kappa shape index (κ3) is 6.54. The third-order valence-electron chi connectivity index (χ3n) is 4.08. The largest absolute Gasteiger partial charge is 0.493 e. The molecule has 0 aliphatic heterocycles. The summed E-state index contributed by atoms with van der Waals surface area (Å²) < 4.78 is 10.5. The van der Waals surface area contributed by atoms with E-state index in [4.69, 9.17) is 14.7 Å². The first-order chi connectivity index (χ1) is 15.2. The quantitative estimate of drug-likeness (QED) is 0.381. The Labute approximate surface area is 180 Å². The van der Waals surface area contributed by atoms with E-state index >= 15 is 0 Å². The predicted molar refractivity (Wildman–Crippen MR) is 119 cm³/mol. The molecular weight excluding hydrogens is 392 g/mol. The molecule has 0 bridgehead atoms. The highest BCUT2D eigenvalue weighted by Crippen LogP contribution is 2.28. The van der Waals surface area contributed by atoms with Crippen LogP contribution in [0, 0.1) is 11.3 Å². The molecule has 31 heavy (non-hydrogen) atoms. The highest BCUT2D eigenvalue weighted by atomic mass is 16.5. The summed E-state index contributed by atoms with van der Waals surface area (Å²) in [5.74, 6) is 0.677. The molecule has 7 heteroatoms. The fourth-order valence-electron chi connectivity index (χ4n) is 2.59. The van der Waals surface area contributed by atoms with Gasteiger partial charge in [-0.25, -0.2) is 0 Å². The molecule has 1 N–H and O–H groups in total. The van der Waals surface area contributed by atoms with Crippen LogP contribution in [0.2, 0.25) is 0 Å². The number of anilines is 1. The van der Waals surface area contributed by atoms with Crippen LogP contribution in [0.5, 0.6) is 11.5 Å². The van der Waals surface area contributed by atoms with Crippen molar-refractivity contribution in [2.24, 2.45) is 10.2 Å². The van der Waals surface area contributed by atoms with Gasteiger partial charge in [-0.2, -0.15) is 15.5 Å². The standard InChI is InChI=1S/C24H20N4O3/c1-30-23-17-18(7-13-22(23)31-16-15-25)8-14-24(29)26-19-9-11-21(12-10-19)28-27-20-5-3-2-4-6-20/h2-14,17H,16H2,1H3,(H,26,29)/b14-8+,28-27?. The second kappa shape index (κ2) is 10.9. The van der Waals surface area contributed by atoms with Crippen molar-refractivity contribution in [3.63, 3.8) is 0 Å². The van der Waals surface area contributed by atoms with Gasteiger partial charge in [-0.15, -0.1) is 0 Å². The number of hydrogen-bond acceptors (Lipinski definition) is 6. The number of nitrogens with one attached hydrogen (secondary N) is 1. The zero-order valence-corrected chi connectivity index (χ0v) is 16.9. The Hall–Kier alpha value is -4.44. The van der Waals surface area contributed by atoms with Gasteiger partial charge in [0.15, 0.2) is 18.1 Å². The van der Waals surface area contributed by atoms with E-state index in [-0.39, 0.29) is 12.5 Å². The average Bonchev–Trinajstić information content (AvgIpc) is 2.82. The summed E-state index contributed by atoms with van der Waals surface area (Å²) in [5.41, 5.74) is 2.86. The molecule has 3 rings (SSSR count). The van der Waals surface area contributed by atoms with Crippen LogP contribution >= 0.6 is 0 Å². The van der Waals surface area contributed by atoms with E-state index in [1.54, 1.807) is 48.5 Å². The monoisotopic (exact) mass is 412 g/mol. The number of methoxy groups -OCH3 is 1. The number of azo groups is 1. The van der Waals surface area contributed by atoms with E-state index in [0.29, 0.717) is 22.9 Å². The summed E-state index contributed by atoms with van der Waals surface area (Å²) in [6.07, 6.45) is 3.09. The molecule has 154 valence electrons. The number of amides is 1. The number of carbonyl (C=O) groups excluding carboxylic acids is 1. The Morgan fingerprint density at radius 1 is 1.00 bits per heavy atom. The van der Waals surface area contributed by atoms with Crippen LogP contribution in [0.3, 0.4) is 0 Å². The van der Waals surface area contributed by atoms with Crippen molar-refractivity contribution in [2.75, 3.05) is 19.0 Å². The molecule has 0 heterocycles. The normalized spacial score (nSPS) is 10.7. The van der Waals surface area contributed by atoms with Crippen molar-refractivity contribution in [2.45, 2.75) is 0 Å². The van der Waals surface area contributed by atoms with Crippen LogP contribution in [0.15, 0.2) is 89.1 Å². The molecule has 0 atom stereocenters. The SMILES string of the molecule is COc1cc(/C=C/C(=O)Nc2ccc(N=Nc3ccccc3)cc2)ccc1OCC#N. The zero-order chi connectivity index (χ0) is 21.9. The molecule has 0 unspecified atom stereocenters. The molecule has 0 fully saturated rings. The molecule has 0 aliphatic rings. The van der Waals surface area contributed by atoms with E-state index in [1.165, 1.54) is 13.2 Å². The predicted octanol–water partition coefficient (Wildman–Crippen LogP) is 5.66. The summed E-state index contributed by atoms with van der Waals surface area (Å²) in [4.78, 5) is 12.2. The fraction of sp³-hybridized carbons (Fsp3) is 0.0833. The lowest BCUT2D eigenvalue weighted by molar-refractivity contribution is -0.111. The first-order valence-electron chi connectivity index (χ1n) is 9.41. The Balaban J connectivity index is 1.58. The highest BCUT2D eigenvalue weighted by molar-refractivity contribution is 6.02. The maximum atomic E-state index is 12.2. The molecule has 1 amide bonds. The molecule has 0 aromatic heterocycles. The minimum absolute atomic E-state index is 0.0691. The summed E-state index contributed by atoms with van der Waals surface area (Å²) in [7, 11) is 1.51. The fourth-order valence-corrected chi connectivity index (χ4v) is 2.59. The van der Waals surface area contributed by atoms with E-state index < -0.39 is 0 Å². The molecule has 0 saturated carbocycles. The molecule has 3 aromatic carbocycles.